The minimum Gasteiger partial charge on any atom is -0.391 e. The number of carbonyl (C=O) groups excluding carboxylic acids is 1. The molecular formula is C32H67N2O6P. The lowest BCUT2D eigenvalue weighted by atomic mass is 10.0. The average Bonchev–Trinajstić information content (AvgIpc) is 2.95. The predicted molar refractivity (Wildman–Crippen MR) is 171 cm³/mol. The molecule has 8 nitrogen and oxygen atoms in total. The van der Waals surface area contributed by atoms with Crippen LogP contribution in [0, 0.1) is 0 Å². The van der Waals surface area contributed by atoms with Gasteiger partial charge in [0.25, 0.3) is 0 Å². The number of phosphoric ester groups is 1. The molecule has 0 saturated heterocycles. The van der Waals surface area contributed by atoms with Crippen LogP contribution in [-0.4, -0.2) is 47.8 Å². The lowest BCUT2D eigenvalue weighted by Gasteiger charge is -2.25. The first-order valence-corrected chi connectivity index (χ1v) is 18.6. The van der Waals surface area contributed by atoms with Gasteiger partial charge in [-0.15, -0.1) is 0 Å². The minimum absolute atomic E-state index is 0.0917. The van der Waals surface area contributed by atoms with Crippen LogP contribution in [0.3, 0.4) is 0 Å². The molecule has 0 aliphatic rings. The summed E-state index contributed by atoms with van der Waals surface area (Å²) >= 11 is 0. The van der Waals surface area contributed by atoms with Crippen LogP contribution < -0.4 is 11.1 Å². The van der Waals surface area contributed by atoms with Crippen molar-refractivity contribution in [3.8, 4) is 0 Å². The zero-order valence-electron chi connectivity index (χ0n) is 26.8. The van der Waals surface area contributed by atoms with E-state index in [-0.39, 0.29) is 25.7 Å². The molecule has 0 saturated carbocycles. The number of rotatable bonds is 32. The van der Waals surface area contributed by atoms with Gasteiger partial charge < -0.3 is 21.1 Å². The second-order valence-corrected chi connectivity index (χ2v) is 13.2. The molecule has 246 valence electrons. The maximum absolute atomic E-state index is 12.6. The van der Waals surface area contributed by atoms with Crippen molar-refractivity contribution in [2.75, 3.05) is 19.8 Å². The van der Waals surface area contributed by atoms with Gasteiger partial charge in [-0.25, -0.2) is 4.57 Å². The second kappa shape index (κ2) is 29.6. The third-order valence-corrected chi connectivity index (χ3v) is 8.70. The van der Waals surface area contributed by atoms with Crippen LogP contribution in [0.2, 0.25) is 0 Å². The molecular weight excluding hydrogens is 539 g/mol. The molecule has 0 fully saturated rings. The summed E-state index contributed by atoms with van der Waals surface area (Å²) in [5.41, 5.74) is 5.34. The zero-order chi connectivity index (χ0) is 30.4. The fraction of sp³-hybridized carbons (Fsp3) is 0.969. The number of amides is 1. The Balaban J connectivity index is 4.26. The maximum atomic E-state index is 12.6. The van der Waals surface area contributed by atoms with Crippen molar-refractivity contribution in [3.05, 3.63) is 0 Å². The average molecular weight is 607 g/mol. The Morgan fingerprint density at radius 1 is 0.707 bits per heavy atom. The van der Waals surface area contributed by atoms with Gasteiger partial charge in [0.2, 0.25) is 5.91 Å². The van der Waals surface area contributed by atoms with Gasteiger partial charge in [-0.3, -0.25) is 13.8 Å². The Kier molecular flexibility index (Phi) is 29.2. The van der Waals surface area contributed by atoms with Crippen molar-refractivity contribution in [3.63, 3.8) is 0 Å². The Morgan fingerprint density at radius 3 is 1.56 bits per heavy atom. The van der Waals surface area contributed by atoms with Crippen LogP contribution >= 0.6 is 7.82 Å². The third-order valence-electron chi connectivity index (χ3n) is 7.71. The minimum atomic E-state index is -4.29. The zero-order valence-corrected chi connectivity index (χ0v) is 27.7. The smallest absolute Gasteiger partial charge is 0.391 e. The van der Waals surface area contributed by atoms with Crippen molar-refractivity contribution < 1.29 is 28.4 Å². The summed E-state index contributed by atoms with van der Waals surface area (Å²) in [5.74, 6) is -0.163. The number of carbonyl (C=O) groups is 1. The van der Waals surface area contributed by atoms with E-state index in [1.165, 1.54) is 103 Å². The normalized spacial score (nSPS) is 14.6. The van der Waals surface area contributed by atoms with E-state index in [4.69, 9.17) is 14.8 Å². The molecule has 0 spiro atoms. The van der Waals surface area contributed by atoms with E-state index in [9.17, 15) is 19.4 Å². The highest BCUT2D eigenvalue weighted by Gasteiger charge is 2.27. The molecule has 9 heteroatoms. The topological polar surface area (TPSA) is 131 Å². The van der Waals surface area contributed by atoms with Gasteiger partial charge in [-0.1, -0.05) is 149 Å². The molecule has 5 N–H and O–H groups in total. The summed E-state index contributed by atoms with van der Waals surface area (Å²) in [6.45, 7) is 4.17. The van der Waals surface area contributed by atoms with Gasteiger partial charge in [0.15, 0.2) is 0 Å². The summed E-state index contributed by atoms with van der Waals surface area (Å²) in [6, 6.07) is -0.763. The van der Waals surface area contributed by atoms with Crippen LogP contribution in [0.1, 0.15) is 168 Å². The molecule has 0 aromatic carbocycles. The Morgan fingerprint density at radius 2 is 1.12 bits per heavy atom. The number of hydrogen-bond donors (Lipinski definition) is 4. The molecule has 0 aliphatic heterocycles. The summed E-state index contributed by atoms with van der Waals surface area (Å²) < 4.78 is 22.0. The SMILES string of the molecule is CCCCCCCCCCCCCCCC(=O)N[C@@H](COP(=O)(O)OCCN)[C@H](O)CCCCCCCCCCC. The van der Waals surface area contributed by atoms with Gasteiger partial charge in [0, 0.05) is 13.0 Å². The van der Waals surface area contributed by atoms with Crippen molar-refractivity contribution in [2.45, 2.75) is 180 Å². The van der Waals surface area contributed by atoms with E-state index in [1.807, 2.05) is 0 Å². The van der Waals surface area contributed by atoms with Crippen LogP contribution in [-0.2, 0) is 18.4 Å². The maximum Gasteiger partial charge on any atom is 0.472 e. The number of aliphatic hydroxyl groups is 1. The highest BCUT2D eigenvalue weighted by molar-refractivity contribution is 7.47. The van der Waals surface area contributed by atoms with Gasteiger partial charge in [-0.05, 0) is 12.8 Å². The van der Waals surface area contributed by atoms with E-state index >= 15 is 0 Å². The molecule has 0 aromatic heterocycles. The number of nitrogens with two attached hydrogens (primary N) is 1. The Labute approximate surface area is 252 Å². The van der Waals surface area contributed by atoms with Crippen LogP contribution in [0.5, 0.6) is 0 Å². The Hall–Kier alpha value is -0.500. The molecule has 1 unspecified atom stereocenters. The largest absolute Gasteiger partial charge is 0.472 e. The van der Waals surface area contributed by atoms with Gasteiger partial charge in [0.05, 0.1) is 25.4 Å². The number of nitrogens with one attached hydrogen (secondary N) is 1. The van der Waals surface area contributed by atoms with Crippen LogP contribution in [0.25, 0.3) is 0 Å². The highest BCUT2D eigenvalue weighted by atomic mass is 31.2. The fourth-order valence-corrected chi connectivity index (χ4v) is 5.84. The summed E-state index contributed by atoms with van der Waals surface area (Å²) in [6.07, 6.45) is 26.8. The van der Waals surface area contributed by atoms with Crippen molar-refractivity contribution in [1.82, 2.24) is 5.32 Å². The lowest BCUT2D eigenvalue weighted by Crippen LogP contribution is -2.46. The number of hydrogen-bond acceptors (Lipinski definition) is 6. The second-order valence-electron chi connectivity index (χ2n) is 11.7. The fourth-order valence-electron chi connectivity index (χ4n) is 5.08. The number of phosphoric acid groups is 1. The molecule has 41 heavy (non-hydrogen) atoms. The molecule has 0 bridgehead atoms. The molecule has 1 amide bonds. The van der Waals surface area contributed by atoms with E-state index in [2.05, 4.69) is 19.2 Å². The molecule has 0 aromatic rings. The summed E-state index contributed by atoms with van der Waals surface area (Å²) in [5, 5.41) is 13.6. The monoisotopic (exact) mass is 606 g/mol. The standard InChI is InChI=1S/C32H67N2O6P/c1-3-5-7-9-11-13-14-15-16-18-20-22-24-26-32(36)34-30(29-40-41(37,38)39-28-27-33)31(35)25-23-21-19-17-12-10-8-6-4-2/h30-31,35H,3-29,33H2,1-2H3,(H,34,36)(H,37,38)/t30-,31+/m0/s1. The summed E-state index contributed by atoms with van der Waals surface area (Å²) in [7, 11) is -4.29. The van der Waals surface area contributed by atoms with E-state index in [0.29, 0.717) is 12.8 Å². The lowest BCUT2D eigenvalue weighted by molar-refractivity contribution is -0.123. The quantitative estimate of drug-likeness (QED) is 0.0447. The first kappa shape index (κ1) is 40.5. The molecule has 0 rings (SSSR count). The number of aliphatic hydroxyl groups excluding tert-OH is 1. The van der Waals surface area contributed by atoms with Crippen molar-refractivity contribution >= 4 is 13.7 Å². The van der Waals surface area contributed by atoms with Gasteiger partial charge in [-0.2, -0.15) is 0 Å². The van der Waals surface area contributed by atoms with E-state index in [0.717, 1.165) is 38.5 Å². The predicted octanol–water partition coefficient (Wildman–Crippen LogP) is 8.33. The molecule has 0 heterocycles. The highest BCUT2D eigenvalue weighted by Crippen LogP contribution is 2.43. The Bertz CT molecular complexity index is 625. The van der Waals surface area contributed by atoms with Gasteiger partial charge in [0.1, 0.15) is 0 Å². The van der Waals surface area contributed by atoms with Crippen LogP contribution in [0.15, 0.2) is 0 Å². The first-order chi connectivity index (χ1) is 19.9. The molecule has 3 atom stereocenters. The molecule has 0 aliphatic carbocycles. The molecule has 0 radical (unpaired) electrons. The van der Waals surface area contributed by atoms with Crippen molar-refractivity contribution in [1.29, 1.82) is 0 Å². The summed E-state index contributed by atoms with van der Waals surface area (Å²) in [4.78, 5) is 22.5. The first-order valence-electron chi connectivity index (χ1n) is 17.2. The van der Waals surface area contributed by atoms with Gasteiger partial charge >= 0.3 is 7.82 Å². The van der Waals surface area contributed by atoms with E-state index in [1.54, 1.807) is 0 Å². The van der Waals surface area contributed by atoms with Crippen molar-refractivity contribution in [2.24, 2.45) is 5.73 Å². The van der Waals surface area contributed by atoms with Crippen LogP contribution in [0.4, 0.5) is 0 Å². The number of unbranched alkanes of at least 4 members (excludes halogenated alkanes) is 20. The van der Waals surface area contributed by atoms with E-state index < -0.39 is 20.0 Å². The third kappa shape index (κ3) is 28.1.